The van der Waals surface area contributed by atoms with Gasteiger partial charge in [-0.3, -0.25) is 0 Å². The van der Waals surface area contributed by atoms with E-state index in [9.17, 15) is 5.11 Å². The first-order valence-corrected chi connectivity index (χ1v) is 12.2. The van der Waals surface area contributed by atoms with Gasteiger partial charge in [0.15, 0.2) is 0 Å². The van der Waals surface area contributed by atoms with E-state index in [1.807, 2.05) is 0 Å². The van der Waals surface area contributed by atoms with Gasteiger partial charge in [-0.25, -0.2) is 4.98 Å². The van der Waals surface area contributed by atoms with Crippen LogP contribution in [-0.2, 0) is 10.8 Å². The van der Waals surface area contributed by atoms with Crippen LogP contribution in [0.1, 0.15) is 75.4 Å². The van der Waals surface area contributed by atoms with E-state index in [2.05, 4.69) is 56.2 Å². The average Bonchev–Trinajstić information content (AvgIpc) is 3.22. The number of likely N-dealkylation sites (tertiary alicyclic amines) is 1. The molecule has 1 aromatic heterocycles. The molecule has 5 heteroatoms. The molecule has 30 heavy (non-hydrogen) atoms. The van der Waals surface area contributed by atoms with Crippen LogP contribution < -0.4 is 0 Å². The number of nitrogens with zero attached hydrogens (tertiary/aromatic N) is 2. The maximum absolute atomic E-state index is 9.67. The minimum absolute atomic E-state index is 0.162. The van der Waals surface area contributed by atoms with Crippen molar-refractivity contribution in [1.29, 1.82) is 0 Å². The maximum atomic E-state index is 9.67. The second kappa shape index (κ2) is 8.34. The number of piperidine rings is 1. The van der Waals surface area contributed by atoms with Gasteiger partial charge in [-0.05, 0) is 66.8 Å². The minimum Gasteiger partial charge on any atom is -0.394 e. The van der Waals surface area contributed by atoms with Crippen LogP contribution in [0.25, 0.3) is 11.3 Å². The smallest absolute Gasteiger partial charge is 0.0964 e. The van der Waals surface area contributed by atoms with E-state index in [0.717, 1.165) is 31.6 Å². The van der Waals surface area contributed by atoms with Gasteiger partial charge in [0.25, 0.3) is 0 Å². The molecule has 0 amide bonds. The third-order valence-electron chi connectivity index (χ3n) is 7.29. The normalized spacial score (nSPS) is 22.6. The van der Waals surface area contributed by atoms with E-state index in [1.54, 1.807) is 11.3 Å². The summed E-state index contributed by atoms with van der Waals surface area (Å²) >= 11 is 1.79. The molecule has 1 saturated heterocycles. The molecule has 0 spiro atoms. The van der Waals surface area contributed by atoms with E-state index >= 15 is 0 Å². The molecule has 0 radical (unpaired) electrons. The van der Waals surface area contributed by atoms with Gasteiger partial charge in [-0.1, -0.05) is 39.8 Å². The Morgan fingerprint density at radius 2 is 1.77 bits per heavy atom. The molecule has 0 bridgehead atoms. The summed E-state index contributed by atoms with van der Waals surface area (Å²) in [5.41, 5.74) is 5.79. The summed E-state index contributed by atoms with van der Waals surface area (Å²) in [4.78, 5) is 7.30. The Hall–Kier alpha value is -1.27. The van der Waals surface area contributed by atoms with Crippen LogP contribution in [-0.4, -0.2) is 52.4 Å². The van der Waals surface area contributed by atoms with E-state index in [0.29, 0.717) is 12.5 Å². The largest absolute Gasteiger partial charge is 0.394 e. The molecule has 1 aliphatic carbocycles. The minimum atomic E-state index is -0.633. The van der Waals surface area contributed by atoms with E-state index < -0.39 is 6.10 Å². The number of benzene rings is 1. The lowest BCUT2D eigenvalue weighted by Gasteiger charge is -2.42. The van der Waals surface area contributed by atoms with Crippen LogP contribution in [0.3, 0.4) is 0 Å². The van der Waals surface area contributed by atoms with Crippen molar-refractivity contribution in [1.82, 2.24) is 9.88 Å². The fourth-order valence-corrected chi connectivity index (χ4v) is 6.07. The van der Waals surface area contributed by atoms with Crippen LogP contribution in [0.4, 0.5) is 0 Å². The number of hydrogen-bond acceptors (Lipinski definition) is 5. The zero-order valence-electron chi connectivity index (χ0n) is 18.8. The summed E-state index contributed by atoms with van der Waals surface area (Å²) in [5.74, 6) is 0.499. The van der Waals surface area contributed by atoms with Crippen molar-refractivity contribution in [3.63, 3.8) is 0 Å². The summed E-state index contributed by atoms with van der Waals surface area (Å²) in [5, 5.41) is 22.2. The van der Waals surface area contributed by atoms with Gasteiger partial charge >= 0.3 is 0 Å². The molecule has 0 unspecified atom stereocenters. The fraction of sp³-hybridized carbons (Fsp3) is 0.640. The molecule has 4 nitrogen and oxygen atoms in total. The number of hydrogen-bond donors (Lipinski definition) is 2. The molecule has 1 aliphatic heterocycles. The SMILES string of the molecule is CC1(C)CCC(C)(C)c2cc(-c3csc(C4CCN(C[C@@H](O)CO)CC4)n3)ccc21. The zero-order valence-corrected chi connectivity index (χ0v) is 19.6. The monoisotopic (exact) mass is 428 g/mol. The maximum Gasteiger partial charge on any atom is 0.0964 e. The number of aliphatic hydroxyl groups is 2. The Balaban J connectivity index is 1.50. The zero-order chi connectivity index (χ0) is 21.5. The van der Waals surface area contributed by atoms with Crippen LogP contribution in [0, 0.1) is 0 Å². The number of β-amino-alcohol motifs (C(OH)–C–C–N with tert-alkyl or cyclic N) is 1. The molecule has 2 heterocycles. The topological polar surface area (TPSA) is 56.6 Å². The lowest BCUT2D eigenvalue weighted by atomic mass is 9.63. The number of aromatic nitrogens is 1. The van der Waals surface area contributed by atoms with Crippen molar-refractivity contribution in [2.75, 3.05) is 26.2 Å². The van der Waals surface area contributed by atoms with Gasteiger partial charge in [0, 0.05) is 23.4 Å². The summed E-state index contributed by atoms with van der Waals surface area (Å²) in [6.07, 6.45) is 3.96. The molecular formula is C25H36N2O2S. The highest BCUT2D eigenvalue weighted by atomic mass is 32.1. The average molecular weight is 429 g/mol. The van der Waals surface area contributed by atoms with Crippen molar-refractivity contribution >= 4 is 11.3 Å². The number of thiazole rings is 1. The van der Waals surface area contributed by atoms with Gasteiger partial charge in [0.05, 0.1) is 23.4 Å². The van der Waals surface area contributed by atoms with E-state index in [4.69, 9.17) is 10.1 Å². The summed E-state index contributed by atoms with van der Waals surface area (Å²) in [7, 11) is 0. The molecule has 2 aromatic rings. The third kappa shape index (κ3) is 4.36. The molecular weight excluding hydrogens is 392 g/mol. The highest BCUT2D eigenvalue weighted by Crippen LogP contribution is 2.47. The predicted octanol–water partition coefficient (Wildman–Crippen LogP) is 4.69. The van der Waals surface area contributed by atoms with Crippen LogP contribution in [0.2, 0.25) is 0 Å². The standard InChI is InChI=1S/C25H36N2O2S/c1-24(2)9-10-25(3,4)21-13-18(5-6-20(21)24)22-16-30-23(26-22)17-7-11-27(12-8-17)14-19(29)15-28/h5-6,13,16-17,19,28-29H,7-12,14-15H2,1-4H3/t19-/m1/s1. The van der Waals surface area contributed by atoms with Crippen LogP contribution >= 0.6 is 11.3 Å². The lowest BCUT2D eigenvalue weighted by molar-refractivity contribution is 0.0513. The first-order valence-electron chi connectivity index (χ1n) is 11.3. The van der Waals surface area contributed by atoms with Crippen LogP contribution in [0.15, 0.2) is 23.6 Å². The predicted molar refractivity (Wildman–Crippen MR) is 124 cm³/mol. The molecule has 164 valence electrons. The van der Waals surface area contributed by atoms with Gasteiger partial charge in [-0.15, -0.1) is 11.3 Å². The summed E-state index contributed by atoms with van der Waals surface area (Å²) in [6.45, 7) is 11.8. The van der Waals surface area contributed by atoms with Crippen LogP contribution in [0.5, 0.6) is 0 Å². The molecule has 1 fully saturated rings. The Kier molecular flexibility index (Phi) is 6.10. The second-order valence-corrected chi connectivity index (χ2v) is 11.4. The number of fused-ring (bicyclic) bond motifs is 1. The molecule has 4 rings (SSSR count). The van der Waals surface area contributed by atoms with Gasteiger partial charge < -0.3 is 15.1 Å². The quantitative estimate of drug-likeness (QED) is 0.725. The van der Waals surface area contributed by atoms with Crippen molar-refractivity contribution in [3.8, 4) is 11.3 Å². The Labute approximate surface area is 185 Å². The summed E-state index contributed by atoms with van der Waals surface area (Å²) in [6, 6.07) is 7.00. The van der Waals surface area contributed by atoms with Gasteiger partial charge in [0.1, 0.15) is 0 Å². The van der Waals surface area contributed by atoms with Crippen molar-refractivity contribution in [2.45, 2.75) is 76.2 Å². The van der Waals surface area contributed by atoms with Crippen molar-refractivity contribution in [3.05, 3.63) is 39.7 Å². The van der Waals surface area contributed by atoms with E-state index in [-0.39, 0.29) is 17.4 Å². The fourth-order valence-electron chi connectivity index (χ4n) is 5.07. The second-order valence-electron chi connectivity index (χ2n) is 10.5. The first kappa shape index (κ1) is 21.9. The molecule has 2 aliphatic rings. The third-order valence-corrected chi connectivity index (χ3v) is 8.29. The van der Waals surface area contributed by atoms with Gasteiger partial charge in [0.2, 0.25) is 0 Å². The first-order chi connectivity index (χ1) is 14.2. The lowest BCUT2D eigenvalue weighted by Crippen LogP contribution is -2.39. The molecule has 2 N–H and O–H groups in total. The Morgan fingerprint density at radius 3 is 2.43 bits per heavy atom. The molecule has 1 atom stereocenters. The van der Waals surface area contributed by atoms with Crippen molar-refractivity contribution < 1.29 is 10.2 Å². The highest BCUT2D eigenvalue weighted by Gasteiger charge is 2.37. The highest BCUT2D eigenvalue weighted by molar-refractivity contribution is 7.10. The number of rotatable bonds is 5. The summed E-state index contributed by atoms with van der Waals surface area (Å²) < 4.78 is 0. The number of aliphatic hydroxyl groups excluding tert-OH is 2. The Morgan fingerprint density at radius 1 is 1.10 bits per heavy atom. The van der Waals surface area contributed by atoms with Gasteiger partial charge in [-0.2, -0.15) is 0 Å². The Bertz CT molecular complexity index is 881. The molecule has 1 aromatic carbocycles. The van der Waals surface area contributed by atoms with E-state index in [1.165, 1.54) is 34.5 Å². The molecule has 0 saturated carbocycles. The van der Waals surface area contributed by atoms with Crippen molar-refractivity contribution in [2.24, 2.45) is 0 Å².